The van der Waals surface area contributed by atoms with Crippen molar-refractivity contribution in [2.24, 2.45) is 0 Å². The van der Waals surface area contributed by atoms with Gasteiger partial charge in [0.2, 0.25) is 5.91 Å². The fourth-order valence-electron chi connectivity index (χ4n) is 1.81. The summed E-state index contributed by atoms with van der Waals surface area (Å²) in [5, 5.41) is 3.35. The number of carbonyl (C=O) groups excluding carboxylic acids is 2. The molecule has 1 N–H and O–H groups in total. The lowest BCUT2D eigenvalue weighted by molar-refractivity contribution is -0.129. The highest BCUT2D eigenvalue weighted by Crippen LogP contribution is 2.15. The van der Waals surface area contributed by atoms with Gasteiger partial charge in [0, 0.05) is 38.1 Å². The van der Waals surface area contributed by atoms with E-state index in [9.17, 15) is 9.59 Å². The summed E-state index contributed by atoms with van der Waals surface area (Å²) in [7, 11) is 3.91. The number of likely N-dealkylation sites (N-methyl/N-ethyl adjacent to an activating group) is 1. The molecule has 1 aromatic rings. The van der Waals surface area contributed by atoms with Gasteiger partial charge in [0.05, 0.1) is 0 Å². The molecule has 0 saturated carbocycles. The third-order valence-corrected chi connectivity index (χ3v) is 3.40. The molecular formula is C16H24ClN3O3. The molecule has 0 aliphatic rings. The molecule has 23 heavy (non-hydrogen) atoms. The lowest BCUT2D eigenvalue weighted by Crippen LogP contribution is -2.41. The largest absolute Gasteiger partial charge is 0.484 e. The predicted molar refractivity (Wildman–Crippen MR) is 90.8 cm³/mol. The summed E-state index contributed by atoms with van der Waals surface area (Å²) in [6.07, 6.45) is 0. The molecule has 1 rings (SSSR count). The lowest BCUT2D eigenvalue weighted by Gasteiger charge is -2.23. The van der Waals surface area contributed by atoms with Crippen LogP contribution in [0.15, 0.2) is 24.3 Å². The van der Waals surface area contributed by atoms with Crippen molar-refractivity contribution in [3.63, 3.8) is 0 Å². The highest BCUT2D eigenvalue weighted by atomic mass is 35.5. The van der Waals surface area contributed by atoms with Crippen LogP contribution in [0.25, 0.3) is 0 Å². The molecule has 0 unspecified atom stereocenters. The Labute approximate surface area is 142 Å². The number of hydrogen-bond donors (Lipinski definition) is 1. The summed E-state index contributed by atoms with van der Waals surface area (Å²) in [6, 6.07) is 6.80. The van der Waals surface area contributed by atoms with Crippen LogP contribution in [-0.2, 0) is 9.59 Å². The topological polar surface area (TPSA) is 61.9 Å². The molecule has 0 atom stereocenters. The maximum Gasteiger partial charge on any atom is 0.258 e. The van der Waals surface area contributed by atoms with E-state index in [1.165, 1.54) is 6.92 Å². The Kier molecular flexibility index (Phi) is 8.43. The summed E-state index contributed by atoms with van der Waals surface area (Å²) < 4.78 is 5.35. The van der Waals surface area contributed by atoms with Gasteiger partial charge < -0.3 is 19.9 Å². The van der Waals surface area contributed by atoms with Gasteiger partial charge in [-0.2, -0.15) is 0 Å². The van der Waals surface area contributed by atoms with Crippen LogP contribution < -0.4 is 10.1 Å². The SMILES string of the molecule is CC(=O)N(CCNC(=O)COc1ccc(Cl)cc1)CCN(C)C. The monoisotopic (exact) mass is 341 g/mol. The summed E-state index contributed by atoms with van der Waals surface area (Å²) in [6.45, 7) is 3.76. The Morgan fingerprint density at radius 3 is 2.35 bits per heavy atom. The van der Waals surface area contributed by atoms with Gasteiger partial charge in [-0.25, -0.2) is 0 Å². The zero-order valence-corrected chi connectivity index (χ0v) is 14.6. The van der Waals surface area contributed by atoms with E-state index < -0.39 is 0 Å². The Bertz CT molecular complexity index is 506. The minimum absolute atomic E-state index is 0.00138. The highest BCUT2D eigenvalue weighted by molar-refractivity contribution is 6.30. The predicted octanol–water partition coefficient (Wildman–Crippen LogP) is 1.25. The molecule has 0 aromatic heterocycles. The number of halogens is 1. The second-order valence-electron chi connectivity index (χ2n) is 5.40. The van der Waals surface area contributed by atoms with Gasteiger partial charge in [-0.15, -0.1) is 0 Å². The van der Waals surface area contributed by atoms with E-state index in [1.54, 1.807) is 29.2 Å². The van der Waals surface area contributed by atoms with Crippen LogP contribution in [0.3, 0.4) is 0 Å². The number of benzene rings is 1. The second kappa shape index (κ2) is 10.1. The highest BCUT2D eigenvalue weighted by Gasteiger charge is 2.09. The smallest absolute Gasteiger partial charge is 0.258 e. The summed E-state index contributed by atoms with van der Waals surface area (Å²) in [5.41, 5.74) is 0. The molecule has 128 valence electrons. The van der Waals surface area contributed by atoms with Crippen LogP contribution in [0.4, 0.5) is 0 Å². The third-order valence-electron chi connectivity index (χ3n) is 3.15. The van der Waals surface area contributed by atoms with Crippen LogP contribution in [0.2, 0.25) is 5.02 Å². The number of rotatable bonds is 9. The van der Waals surface area contributed by atoms with E-state index in [4.69, 9.17) is 16.3 Å². The van der Waals surface area contributed by atoms with Crippen molar-refractivity contribution in [2.75, 3.05) is 46.9 Å². The summed E-state index contributed by atoms with van der Waals surface area (Å²) in [4.78, 5) is 27.0. The number of hydrogen-bond acceptors (Lipinski definition) is 4. The molecule has 0 aliphatic heterocycles. The number of nitrogens with zero attached hydrogens (tertiary/aromatic N) is 2. The van der Waals surface area contributed by atoms with Gasteiger partial charge in [-0.1, -0.05) is 11.6 Å². The number of ether oxygens (including phenoxy) is 1. The van der Waals surface area contributed by atoms with E-state index in [1.807, 2.05) is 19.0 Å². The van der Waals surface area contributed by atoms with E-state index in [0.29, 0.717) is 30.4 Å². The van der Waals surface area contributed by atoms with Crippen LogP contribution in [0.5, 0.6) is 5.75 Å². The van der Waals surface area contributed by atoms with E-state index in [2.05, 4.69) is 5.32 Å². The van der Waals surface area contributed by atoms with Gasteiger partial charge in [-0.3, -0.25) is 9.59 Å². The fourth-order valence-corrected chi connectivity index (χ4v) is 1.93. The van der Waals surface area contributed by atoms with Crippen molar-refractivity contribution in [1.82, 2.24) is 15.1 Å². The van der Waals surface area contributed by atoms with E-state index in [0.717, 1.165) is 6.54 Å². The van der Waals surface area contributed by atoms with Gasteiger partial charge >= 0.3 is 0 Å². The van der Waals surface area contributed by atoms with Crippen molar-refractivity contribution in [2.45, 2.75) is 6.92 Å². The maximum atomic E-state index is 11.7. The van der Waals surface area contributed by atoms with Gasteiger partial charge in [0.15, 0.2) is 6.61 Å². The first-order valence-electron chi connectivity index (χ1n) is 7.44. The zero-order valence-electron chi connectivity index (χ0n) is 13.8. The maximum absolute atomic E-state index is 11.7. The van der Waals surface area contributed by atoms with E-state index in [-0.39, 0.29) is 18.4 Å². The lowest BCUT2D eigenvalue weighted by atomic mass is 10.3. The van der Waals surface area contributed by atoms with Crippen molar-refractivity contribution >= 4 is 23.4 Å². The van der Waals surface area contributed by atoms with Gasteiger partial charge in [-0.05, 0) is 38.4 Å². The molecule has 0 saturated heterocycles. The van der Waals surface area contributed by atoms with Gasteiger partial charge in [0.1, 0.15) is 5.75 Å². The molecular weight excluding hydrogens is 318 g/mol. The van der Waals surface area contributed by atoms with Crippen molar-refractivity contribution in [3.05, 3.63) is 29.3 Å². The van der Waals surface area contributed by atoms with Crippen LogP contribution in [0, 0.1) is 0 Å². The van der Waals surface area contributed by atoms with Crippen molar-refractivity contribution in [1.29, 1.82) is 0 Å². The molecule has 1 aromatic carbocycles. The molecule has 2 amide bonds. The quantitative estimate of drug-likeness (QED) is 0.734. The number of nitrogens with one attached hydrogen (secondary N) is 1. The number of amides is 2. The van der Waals surface area contributed by atoms with Crippen LogP contribution >= 0.6 is 11.6 Å². The molecule has 0 spiro atoms. The standard InChI is InChI=1S/C16H24ClN3O3/c1-13(21)20(11-10-19(2)3)9-8-18-16(22)12-23-15-6-4-14(17)5-7-15/h4-7H,8-12H2,1-3H3,(H,18,22). The summed E-state index contributed by atoms with van der Waals surface area (Å²) >= 11 is 5.77. The fraction of sp³-hybridized carbons (Fsp3) is 0.500. The average molecular weight is 342 g/mol. The first-order valence-corrected chi connectivity index (χ1v) is 7.81. The third kappa shape index (κ3) is 8.42. The molecule has 0 heterocycles. The minimum atomic E-state index is -0.226. The minimum Gasteiger partial charge on any atom is -0.484 e. The van der Waals surface area contributed by atoms with Crippen LogP contribution in [-0.4, -0.2) is 68.5 Å². The molecule has 6 nitrogen and oxygen atoms in total. The molecule has 7 heteroatoms. The van der Waals surface area contributed by atoms with Crippen molar-refractivity contribution < 1.29 is 14.3 Å². The Morgan fingerprint density at radius 1 is 1.13 bits per heavy atom. The molecule has 0 bridgehead atoms. The van der Waals surface area contributed by atoms with Crippen molar-refractivity contribution in [3.8, 4) is 5.75 Å². The Balaban J connectivity index is 2.26. The Morgan fingerprint density at radius 2 is 1.78 bits per heavy atom. The molecule has 0 radical (unpaired) electrons. The zero-order chi connectivity index (χ0) is 17.2. The second-order valence-corrected chi connectivity index (χ2v) is 5.84. The molecule has 0 aliphatic carbocycles. The van der Waals surface area contributed by atoms with Crippen LogP contribution in [0.1, 0.15) is 6.92 Å². The number of carbonyl (C=O) groups is 2. The first kappa shape index (κ1) is 19.3. The molecule has 0 fully saturated rings. The first-order chi connectivity index (χ1) is 10.9. The average Bonchev–Trinajstić information content (AvgIpc) is 2.49. The summed E-state index contributed by atoms with van der Waals surface area (Å²) in [5.74, 6) is 0.357. The Hall–Kier alpha value is -1.79. The normalized spacial score (nSPS) is 10.5. The van der Waals surface area contributed by atoms with E-state index >= 15 is 0 Å². The van der Waals surface area contributed by atoms with Gasteiger partial charge in [0.25, 0.3) is 5.91 Å².